The van der Waals surface area contributed by atoms with Gasteiger partial charge in [-0.15, -0.1) is 6.58 Å². The number of methoxy groups -OCH3 is 1. The first-order valence-corrected chi connectivity index (χ1v) is 4.30. The summed E-state index contributed by atoms with van der Waals surface area (Å²) in [6, 6.07) is 0. The Balaban J connectivity index is 2.77. The van der Waals surface area contributed by atoms with Crippen molar-refractivity contribution in [3.05, 3.63) is 12.7 Å². The van der Waals surface area contributed by atoms with Gasteiger partial charge in [0, 0.05) is 20.3 Å². The lowest BCUT2D eigenvalue weighted by Gasteiger charge is -2.03. The smallest absolute Gasteiger partial charge is 0.0645 e. The molecule has 0 heterocycles. The summed E-state index contributed by atoms with van der Waals surface area (Å²) in [6.45, 7) is 7.66. The van der Waals surface area contributed by atoms with Gasteiger partial charge < -0.3 is 14.8 Å². The van der Waals surface area contributed by atoms with Gasteiger partial charge in [0.05, 0.1) is 13.2 Å². The van der Waals surface area contributed by atoms with Crippen LogP contribution in [0.1, 0.15) is 6.42 Å². The Morgan fingerprint density at radius 2 is 2.17 bits per heavy atom. The molecule has 12 heavy (non-hydrogen) atoms. The Morgan fingerprint density at radius 3 is 2.83 bits per heavy atom. The van der Waals surface area contributed by atoms with Crippen molar-refractivity contribution in [3.8, 4) is 0 Å². The zero-order valence-electron chi connectivity index (χ0n) is 7.84. The lowest BCUT2D eigenvalue weighted by molar-refractivity contribution is 0.161. The van der Waals surface area contributed by atoms with Crippen molar-refractivity contribution in [1.82, 2.24) is 5.32 Å². The molecule has 0 aromatic rings. The van der Waals surface area contributed by atoms with E-state index >= 15 is 0 Å². The van der Waals surface area contributed by atoms with E-state index in [4.69, 9.17) is 9.47 Å². The predicted molar refractivity (Wildman–Crippen MR) is 50.4 cm³/mol. The summed E-state index contributed by atoms with van der Waals surface area (Å²) in [7, 11) is 1.72. The van der Waals surface area contributed by atoms with Crippen LogP contribution in [0.5, 0.6) is 0 Å². The zero-order chi connectivity index (χ0) is 9.07. The molecule has 0 spiro atoms. The van der Waals surface area contributed by atoms with Crippen molar-refractivity contribution in [3.63, 3.8) is 0 Å². The van der Waals surface area contributed by atoms with Gasteiger partial charge in [0.1, 0.15) is 0 Å². The first-order chi connectivity index (χ1) is 5.91. The van der Waals surface area contributed by atoms with Gasteiger partial charge in [-0.05, 0) is 13.0 Å². The quantitative estimate of drug-likeness (QED) is 0.413. The van der Waals surface area contributed by atoms with E-state index in [9.17, 15) is 0 Å². The van der Waals surface area contributed by atoms with E-state index in [1.165, 1.54) is 0 Å². The molecule has 0 bridgehead atoms. The Bertz CT molecular complexity index is 96.5. The van der Waals surface area contributed by atoms with Gasteiger partial charge in [-0.25, -0.2) is 0 Å². The van der Waals surface area contributed by atoms with Gasteiger partial charge >= 0.3 is 0 Å². The highest BCUT2D eigenvalue weighted by molar-refractivity contribution is 4.63. The van der Waals surface area contributed by atoms with E-state index in [1.54, 1.807) is 13.2 Å². The molecule has 0 aromatic carbocycles. The van der Waals surface area contributed by atoms with Crippen molar-refractivity contribution in [2.45, 2.75) is 6.42 Å². The van der Waals surface area contributed by atoms with Crippen LogP contribution in [-0.2, 0) is 9.47 Å². The molecule has 0 unspecified atom stereocenters. The Kier molecular flexibility index (Phi) is 10.3. The number of nitrogens with one attached hydrogen (secondary N) is 1. The van der Waals surface area contributed by atoms with Crippen molar-refractivity contribution >= 4 is 0 Å². The molecule has 0 amide bonds. The fraction of sp³-hybridized carbons (Fsp3) is 0.778. The fourth-order valence-electron chi connectivity index (χ4n) is 0.778. The van der Waals surface area contributed by atoms with Crippen molar-refractivity contribution in [1.29, 1.82) is 0 Å². The molecule has 3 heteroatoms. The van der Waals surface area contributed by atoms with E-state index in [1.807, 2.05) is 0 Å². The van der Waals surface area contributed by atoms with Crippen molar-refractivity contribution < 1.29 is 9.47 Å². The van der Waals surface area contributed by atoms with Crippen LogP contribution in [0.4, 0.5) is 0 Å². The summed E-state index contributed by atoms with van der Waals surface area (Å²) in [6.07, 6.45) is 2.81. The molecule has 1 N–H and O–H groups in total. The van der Waals surface area contributed by atoms with E-state index in [0.29, 0.717) is 6.61 Å². The number of ether oxygens (including phenoxy) is 2. The van der Waals surface area contributed by atoms with Crippen LogP contribution in [0.2, 0.25) is 0 Å². The lowest BCUT2D eigenvalue weighted by Crippen LogP contribution is -2.21. The highest BCUT2D eigenvalue weighted by Crippen LogP contribution is 1.77. The third kappa shape index (κ3) is 9.62. The summed E-state index contributed by atoms with van der Waals surface area (Å²) < 4.78 is 10.1. The molecule has 0 aliphatic rings. The van der Waals surface area contributed by atoms with Gasteiger partial charge in [-0.2, -0.15) is 0 Å². The SMILES string of the molecule is C=CCOCCNCCCOC. The normalized spacial score (nSPS) is 10.1. The minimum atomic E-state index is 0.639. The van der Waals surface area contributed by atoms with E-state index in [-0.39, 0.29) is 0 Å². The van der Waals surface area contributed by atoms with Crippen LogP contribution in [0, 0.1) is 0 Å². The second kappa shape index (κ2) is 10.6. The third-order valence-corrected chi connectivity index (χ3v) is 1.36. The second-order valence-corrected chi connectivity index (χ2v) is 2.46. The first kappa shape index (κ1) is 11.6. The third-order valence-electron chi connectivity index (χ3n) is 1.36. The molecule has 0 saturated carbocycles. The average molecular weight is 173 g/mol. The molecule has 0 aliphatic heterocycles. The maximum Gasteiger partial charge on any atom is 0.0645 e. The van der Waals surface area contributed by atoms with E-state index in [0.717, 1.165) is 32.7 Å². The summed E-state index contributed by atoms with van der Waals surface area (Å²) >= 11 is 0. The molecular formula is C9H19NO2. The van der Waals surface area contributed by atoms with Crippen LogP contribution in [0.15, 0.2) is 12.7 Å². The first-order valence-electron chi connectivity index (χ1n) is 4.30. The highest BCUT2D eigenvalue weighted by atomic mass is 16.5. The van der Waals surface area contributed by atoms with Crippen molar-refractivity contribution in [2.24, 2.45) is 0 Å². The molecule has 0 fully saturated rings. The van der Waals surface area contributed by atoms with E-state index < -0.39 is 0 Å². The van der Waals surface area contributed by atoms with Gasteiger partial charge in [0.25, 0.3) is 0 Å². The topological polar surface area (TPSA) is 30.5 Å². The Labute approximate surface area is 74.7 Å². The fourth-order valence-corrected chi connectivity index (χ4v) is 0.778. The summed E-state index contributed by atoms with van der Waals surface area (Å²) in [5.74, 6) is 0. The van der Waals surface area contributed by atoms with E-state index in [2.05, 4.69) is 11.9 Å². The highest BCUT2D eigenvalue weighted by Gasteiger charge is 1.87. The zero-order valence-corrected chi connectivity index (χ0v) is 7.84. The average Bonchev–Trinajstić information content (AvgIpc) is 2.10. The second-order valence-electron chi connectivity index (χ2n) is 2.46. The summed E-state index contributed by atoms with van der Waals surface area (Å²) in [5.41, 5.74) is 0. The van der Waals surface area contributed by atoms with Crippen LogP contribution in [0.25, 0.3) is 0 Å². The standard InChI is InChI=1S/C9H19NO2/c1-3-7-12-9-6-10-5-4-8-11-2/h3,10H,1,4-9H2,2H3. The lowest BCUT2D eigenvalue weighted by atomic mass is 10.4. The molecule has 0 saturated heterocycles. The Morgan fingerprint density at radius 1 is 1.33 bits per heavy atom. The largest absolute Gasteiger partial charge is 0.385 e. The summed E-state index contributed by atoms with van der Waals surface area (Å²) in [4.78, 5) is 0. The maximum atomic E-state index is 5.18. The molecule has 0 aromatic heterocycles. The minimum Gasteiger partial charge on any atom is -0.385 e. The minimum absolute atomic E-state index is 0.639. The predicted octanol–water partition coefficient (Wildman–Crippen LogP) is 0.815. The molecule has 0 rings (SSSR count). The van der Waals surface area contributed by atoms with Gasteiger partial charge in [-0.1, -0.05) is 6.08 Å². The van der Waals surface area contributed by atoms with Gasteiger partial charge in [0.15, 0.2) is 0 Å². The molecule has 3 nitrogen and oxygen atoms in total. The summed E-state index contributed by atoms with van der Waals surface area (Å²) in [5, 5.41) is 3.24. The number of hydrogen-bond donors (Lipinski definition) is 1. The maximum absolute atomic E-state index is 5.18. The van der Waals surface area contributed by atoms with Gasteiger partial charge in [-0.3, -0.25) is 0 Å². The van der Waals surface area contributed by atoms with Crippen LogP contribution in [0.3, 0.4) is 0 Å². The molecule has 0 atom stereocenters. The van der Waals surface area contributed by atoms with Crippen molar-refractivity contribution in [2.75, 3.05) is 40.0 Å². The monoisotopic (exact) mass is 173 g/mol. The number of rotatable bonds is 9. The molecule has 72 valence electrons. The van der Waals surface area contributed by atoms with Gasteiger partial charge in [0.2, 0.25) is 0 Å². The molecule has 0 aliphatic carbocycles. The number of hydrogen-bond acceptors (Lipinski definition) is 3. The Hall–Kier alpha value is -0.380. The molecular weight excluding hydrogens is 154 g/mol. The van der Waals surface area contributed by atoms with Crippen LogP contribution >= 0.6 is 0 Å². The molecule has 0 radical (unpaired) electrons. The van der Waals surface area contributed by atoms with Crippen LogP contribution in [-0.4, -0.2) is 40.0 Å². The van der Waals surface area contributed by atoms with Crippen LogP contribution < -0.4 is 5.32 Å².